The van der Waals surface area contributed by atoms with Crippen LogP contribution in [-0.4, -0.2) is 14.2 Å². The summed E-state index contributed by atoms with van der Waals surface area (Å²) in [6, 6.07) is 5.03. The summed E-state index contributed by atoms with van der Waals surface area (Å²) in [5.74, 6) is 0. The Morgan fingerprint density at radius 3 is 1.55 bits per heavy atom. The van der Waals surface area contributed by atoms with Crippen LogP contribution in [0, 0.1) is 11.2 Å². The van der Waals surface area contributed by atoms with Gasteiger partial charge in [0.1, 0.15) is 8.07 Å². The maximum Gasteiger partial charge on any atom is 0.129 e. The van der Waals surface area contributed by atoms with Crippen molar-refractivity contribution >= 4 is 21.3 Å². The van der Waals surface area contributed by atoms with Crippen molar-refractivity contribution in [2.75, 3.05) is 6.16 Å². The Kier molecular flexibility index (Phi) is 8.47. The molecule has 0 spiro atoms. The predicted octanol–water partition coefficient (Wildman–Crippen LogP) is 8.32. The van der Waals surface area contributed by atoms with E-state index >= 15 is 0 Å². The molecule has 0 N–H and O–H groups in total. The van der Waals surface area contributed by atoms with Gasteiger partial charge in [0.05, 0.1) is 0 Å². The largest absolute Gasteiger partial charge is 0.129 e. The lowest BCUT2D eigenvalue weighted by Crippen LogP contribution is -2.32. The molecule has 164 valence electrons. The second-order valence-electron chi connectivity index (χ2n) is 12.7. The van der Waals surface area contributed by atoms with Gasteiger partial charge in [0.15, 0.2) is 0 Å². The van der Waals surface area contributed by atoms with Crippen LogP contribution in [0.1, 0.15) is 98.8 Å². The third-order valence-electron chi connectivity index (χ3n) is 5.16. The van der Waals surface area contributed by atoms with E-state index in [4.69, 9.17) is 0 Å². The van der Waals surface area contributed by atoms with Gasteiger partial charge in [0, 0.05) is 7.92 Å². The molecule has 0 heterocycles. The molecule has 2 heteroatoms. The van der Waals surface area contributed by atoms with Gasteiger partial charge in [-0.15, -0.1) is 5.54 Å². The van der Waals surface area contributed by atoms with Gasteiger partial charge in [0.25, 0.3) is 0 Å². The molecule has 29 heavy (non-hydrogen) atoms. The first-order valence-electron chi connectivity index (χ1n) is 11.4. The van der Waals surface area contributed by atoms with Gasteiger partial charge in [-0.2, -0.15) is 0 Å². The number of hydrogen-bond donors (Lipinski definition) is 0. The molecule has 1 aromatic carbocycles. The van der Waals surface area contributed by atoms with Crippen LogP contribution in [0.2, 0.25) is 19.6 Å². The van der Waals surface area contributed by atoms with E-state index in [-0.39, 0.29) is 16.2 Å². The number of unbranched alkanes of at least 4 members (excludes halogenated alkanes) is 1. The van der Waals surface area contributed by atoms with E-state index in [0.29, 0.717) is 0 Å². The molecule has 0 aliphatic rings. The molecule has 1 unspecified atom stereocenters. The Morgan fingerprint density at radius 2 is 1.24 bits per heavy atom. The van der Waals surface area contributed by atoms with Crippen LogP contribution in [0.3, 0.4) is 0 Å². The Hall–Kier alpha value is -0.573. The zero-order valence-electron chi connectivity index (χ0n) is 21.7. The van der Waals surface area contributed by atoms with Crippen LogP contribution in [0.4, 0.5) is 0 Å². The lowest BCUT2D eigenvalue weighted by atomic mass is 9.75. The lowest BCUT2D eigenvalue weighted by molar-refractivity contribution is 0.553. The first-order valence-corrected chi connectivity index (χ1v) is 16.4. The highest BCUT2D eigenvalue weighted by atomic mass is 31.1. The third kappa shape index (κ3) is 7.88. The van der Waals surface area contributed by atoms with Crippen LogP contribution in [0.15, 0.2) is 12.1 Å². The van der Waals surface area contributed by atoms with E-state index in [1.54, 1.807) is 5.30 Å². The van der Waals surface area contributed by atoms with Crippen LogP contribution < -0.4 is 5.30 Å². The van der Waals surface area contributed by atoms with Crippen molar-refractivity contribution in [3.05, 3.63) is 28.8 Å². The van der Waals surface area contributed by atoms with Crippen LogP contribution in [0.25, 0.3) is 0 Å². The highest BCUT2D eigenvalue weighted by Crippen LogP contribution is 2.44. The van der Waals surface area contributed by atoms with E-state index in [9.17, 15) is 0 Å². The molecule has 1 rings (SSSR count). The van der Waals surface area contributed by atoms with Crippen molar-refractivity contribution in [3.8, 4) is 11.2 Å². The Bertz CT molecular complexity index is 714. The average Bonchev–Trinajstić information content (AvgIpc) is 2.50. The van der Waals surface area contributed by atoms with Gasteiger partial charge >= 0.3 is 0 Å². The van der Waals surface area contributed by atoms with E-state index < -0.39 is 16.0 Å². The van der Waals surface area contributed by atoms with E-state index in [1.807, 2.05) is 0 Å². The Morgan fingerprint density at radius 1 is 0.793 bits per heavy atom. The molecule has 0 bridgehead atoms. The normalized spacial score (nSPS) is 14.4. The topological polar surface area (TPSA) is 0 Å². The fraction of sp³-hybridized carbons (Fsp3) is 0.704. The number of benzene rings is 1. The fourth-order valence-electron chi connectivity index (χ4n) is 3.28. The van der Waals surface area contributed by atoms with Gasteiger partial charge in [0.2, 0.25) is 0 Å². The van der Waals surface area contributed by atoms with Crippen molar-refractivity contribution in [2.24, 2.45) is 0 Å². The van der Waals surface area contributed by atoms with E-state index in [0.717, 1.165) is 0 Å². The number of hydrogen-bond acceptors (Lipinski definition) is 0. The predicted molar refractivity (Wildman–Crippen MR) is 140 cm³/mol. The second kappa shape index (κ2) is 9.28. The van der Waals surface area contributed by atoms with Crippen LogP contribution in [0.5, 0.6) is 0 Å². The smallest absolute Gasteiger partial charge is 0.127 e. The summed E-state index contributed by atoms with van der Waals surface area (Å²) in [6.45, 7) is 30.7. The quantitative estimate of drug-likeness (QED) is 0.256. The van der Waals surface area contributed by atoms with Crippen molar-refractivity contribution in [1.82, 2.24) is 0 Å². The Labute approximate surface area is 185 Å². The average molecular weight is 431 g/mol. The molecule has 0 aromatic heterocycles. The number of rotatable bonds is 4. The molecule has 1 atom stereocenters. The first kappa shape index (κ1) is 26.5. The highest BCUT2D eigenvalue weighted by molar-refractivity contribution is 7.70. The highest BCUT2D eigenvalue weighted by Gasteiger charge is 2.32. The van der Waals surface area contributed by atoms with Gasteiger partial charge in [-0.05, 0) is 50.8 Å². The minimum Gasteiger partial charge on any atom is -0.127 e. The summed E-state index contributed by atoms with van der Waals surface area (Å²) in [5, 5.41) is 1.59. The zero-order chi connectivity index (χ0) is 22.8. The van der Waals surface area contributed by atoms with Crippen molar-refractivity contribution < 1.29 is 0 Å². The summed E-state index contributed by atoms with van der Waals surface area (Å²) < 4.78 is 0. The summed E-state index contributed by atoms with van der Waals surface area (Å²) >= 11 is 0. The van der Waals surface area contributed by atoms with Crippen molar-refractivity contribution in [3.63, 3.8) is 0 Å². The zero-order valence-corrected chi connectivity index (χ0v) is 23.6. The molecule has 0 aliphatic carbocycles. The second-order valence-corrected chi connectivity index (χ2v) is 19.4. The third-order valence-corrected chi connectivity index (χ3v) is 8.42. The van der Waals surface area contributed by atoms with Gasteiger partial charge in [-0.25, -0.2) is 0 Å². The maximum atomic E-state index is 3.87. The molecule has 0 radical (unpaired) electrons. The van der Waals surface area contributed by atoms with Crippen LogP contribution >= 0.6 is 7.92 Å². The van der Waals surface area contributed by atoms with Gasteiger partial charge in [-0.1, -0.05) is 113 Å². The first-order chi connectivity index (χ1) is 12.9. The molecular weight excluding hydrogens is 383 g/mol. The van der Waals surface area contributed by atoms with Gasteiger partial charge in [-0.3, -0.25) is 0 Å². The molecule has 0 saturated heterocycles. The monoisotopic (exact) mass is 430 g/mol. The summed E-state index contributed by atoms with van der Waals surface area (Å²) in [7, 11) is -1.88. The molecule has 1 aromatic rings. The van der Waals surface area contributed by atoms with Crippen molar-refractivity contribution in [1.29, 1.82) is 0 Å². The summed E-state index contributed by atoms with van der Waals surface area (Å²) in [4.78, 5) is 0. The molecule has 0 amide bonds. The molecular formula is C27H47PSi. The standard InChI is InChI=1S/C27H47PSi/c1-14-15-16-28(17-18-29(11,12)13)24-22(26(5,6)7)19-21(25(2,3)4)20-23(24)27(8,9)10/h19-20H,14-16H2,1-13H3. The van der Waals surface area contributed by atoms with Gasteiger partial charge < -0.3 is 0 Å². The minimum absolute atomic E-state index is 0.115. The van der Waals surface area contributed by atoms with E-state index in [2.05, 4.69) is 112 Å². The molecule has 0 saturated carbocycles. The van der Waals surface area contributed by atoms with Crippen LogP contribution in [-0.2, 0) is 16.2 Å². The SMILES string of the molecule is CCCCP(C#C[Si](C)(C)C)c1c(C(C)(C)C)cc(C(C)(C)C)cc1C(C)(C)C. The lowest BCUT2D eigenvalue weighted by Gasteiger charge is -2.35. The Balaban J connectivity index is 3.97. The molecule has 0 nitrogen and oxygen atoms in total. The molecule has 0 aliphatic heterocycles. The summed E-state index contributed by atoms with van der Waals surface area (Å²) in [5.41, 5.74) is 12.5. The fourth-order valence-corrected chi connectivity index (χ4v) is 7.62. The minimum atomic E-state index is -1.40. The molecule has 0 fully saturated rings. The van der Waals surface area contributed by atoms with Crippen molar-refractivity contribution in [2.45, 2.75) is 118 Å². The van der Waals surface area contributed by atoms with E-state index in [1.165, 1.54) is 35.7 Å². The maximum absolute atomic E-state index is 3.87. The summed E-state index contributed by atoms with van der Waals surface area (Å²) in [6.07, 6.45) is 3.73.